The van der Waals surface area contributed by atoms with Gasteiger partial charge >= 0.3 is 11.9 Å². The Balaban J connectivity index is 2.04. The Labute approximate surface area is 124 Å². The summed E-state index contributed by atoms with van der Waals surface area (Å²) >= 11 is 1.21. The number of rotatable bonds is 6. The van der Waals surface area contributed by atoms with E-state index in [4.69, 9.17) is 14.9 Å². The number of thioether (sulfide) groups is 1. The molecule has 21 heavy (non-hydrogen) atoms. The zero-order valence-electron chi connectivity index (χ0n) is 11.2. The summed E-state index contributed by atoms with van der Waals surface area (Å²) in [5, 5.41) is 7.56. The van der Waals surface area contributed by atoms with Gasteiger partial charge in [0.05, 0.1) is 6.61 Å². The van der Waals surface area contributed by atoms with Gasteiger partial charge in [0.25, 0.3) is 5.22 Å². The van der Waals surface area contributed by atoms with Crippen molar-refractivity contribution in [2.45, 2.75) is 17.9 Å². The molecule has 1 aromatic carbocycles. The molecular weight excluding hydrogens is 294 g/mol. The molecule has 110 valence electrons. The van der Waals surface area contributed by atoms with Gasteiger partial charge < -0.3 is 14.9 Å². The number of carbonyl (C=O) groups excluding carboxylic acids is 2. The predicted octanol–water partition coefficient (Wildman–Crippen LogP) is 1.64. The van der Waals surface area contributed by atoms with E-state index in [0.717, 1.165) is 5.56 Å². The smallest absolute Gasteiger partial charge is 0.396 e. The number of hydrogen-bond acceptors (Lipinski definition) is 7. The molecule has 0 radical (unpaired) electrons. The van der Waals surface area contributed by atoms with Gasteiger partial charge in [-0.05, 0) is 18.6 Å². The van der Waals surface area contributed by atoms with Crippen molar-refractivity contribution < 1.29 is 18.7 Å². The second kappa shape index (κ2) is 6.89. The highest BCUT2D eigenvalue weighted by atomic mass is 32.2. The number of esters is 1. The summed E-state index contributed by atoms with van der Waals surface area (Å²) in [6.07, 6.45) is 0. The molecule has 0 unspecified atom stereocenters. The van der Waals surface area contributed by atoms with Crippen LogP contribution in [0.4, 0.5) is 0 Å². The Kier molecular flexibility index (Phi) is 4.94. The van der Waals surface area contributed by atoms with E-state index in [1.165, 1.54) is 11.8 Å². The minimum Gasteiger partial charge on any atom is -0.459 e. The normalized spacial score (nSPS) is 10.3. The third-order valence-corrected chi connectivity index (χ3v) is 3.36. The van der Waals surface area contributed by atoms with Crippen molar-refractivity contribution in [3.05, 3.63) is 41.3 Å². The van der Waals surface area contributed by atoms with Crippen LogP contribution in [0.15, 0.2) is 33.9 Å². The summed E-state index contributed by atoms with van der Waals surface area (Å²) < 4.78 is 9.92. The molecule has 8 heteroatoms. The number of benzene rings is 1. The first-order valence-electron chi connectivity index (χ1n) is 6.13. The van der Waals surface area contributed by atoms with E-state index in [-0.39, 0.29) is 17.7 Å². The molecule has 0 saturated heterocycles. The fourth-order valence-electron chi connectivity index (χ4n) is 1.57. The number of ether oxygens (including phenoxy) is 1. The maximum Gasteiger partial charge on any atom is 0.396 e. The minimum absolute atomic E-state index is 0.192. The minimum atomic E-state index is -0.658. The Hall–Kier alpha value is -2.35. The van der Waals surface area contributed by atoms with E-state index in [2.05, 4.69) is 10.2 Å². The van der Waals surface area contributed by atoms with E-state index in [9.17, 15) is 9.59 Å². The molecule has 0 fully saturated rings. The predicted molar refractivity (Wildman–Crippen MR) is 74.8 cm³/mol. The number of nitrogens with two attached hydrogens (primary N) is 1. The number of primary amides is 1. The van der Waals surface area contributed by atoms with E-state index in [1.807, 2.05) is 0 Å². The molecule has 1 heterocycles. The van der Waals surface area contributed by atoms with Gasteiger partial charge in [0.1, 0.15) is 0 Å². The Bertz CT molecular complexity index is 656. The van der Waals surface area contributed by atoms with Gasteiger partial charge in [-0.2, -0.15) is 0 Å². The number of nitrogens with zero attached hydrogens (tertiary/aromatic N) is 2. The molecule has 2 N–H and O–H groups in total. The zero-order chi connectivity index (χ0) is 15.2. The molecule has 0 bridgehead atoms. The van der Waals surface area contributed by atoms with Crippen LogP contribution >= 0.6 is 11.8 Å². The summed E-state index contributed by atoms with van der Waals surface area (Å²) in [7, 11) is 0. The molecule has 2 aromatic rings. The van der Waals surface area contributed by atoms with Crippen LogP contribution in [-0.4, -0.2) is 28.7 Å². The van der Waals surface area contributed by atoms with Gasteiger partial charge in [-0.25, -0.2) is 4.79 Å². The SMILES string of the molecule is CCOC(=O)c1nnc(SCc2ccccc2C(N)=O)o1. The molecular formula is C13H13N3O4S. The molecule has 0 atom stereocenters. The molecule has 1 aromatic heterocycles. The average Bonchev–Trinajstić information content (AvgIpc) is 2.94. The summed E-state index contributed by atoms with van der Waals surface area (Å²) in [5.74, 6) is -0.926. The quantitative estimate of drug-likeness (QED) is 0.638. The lowest BCUT2D eigenvalue weighted by atomic mass is 10.1. The van der Waals surface area contributed by atoms with Gasteiger partial charge in [-0.1, -0.05) is 35.1 Å². The van der Waals surface area contributed by atoms with Gasteiger partial charge in [0, 0.05) is 11.3 Å². The second-order valence-corrected chi connectivity index (χ2v) is 4.83. The van der Waals surface area contributed by atoms with Gasteiger partial charge in [-0.15, -0.1) is 5.10 Å². The molecule has 0 aliphatic heterocycles. The highest BCUT2D eigenvalue weighted by molar-refractivity contribution is 7.98. The largest absolute Gasteiger partial charge is 0.459 e. The van der Waals surface area contributed by atoms with Crippen LogP contribution in [0.3, 0.4) is 0 Å². The monoisotopic (exact) mass is 307 g/mol. The third kappa shape index (κ3) is 3.82. The third-order valence-electron chi connectivity index (χ3n) is 2.49. The molecule has 0 spiro atoms. The van der Waals surface area contributed by atoms with Crippen molar-refractivity contribution >= 4 is 23.6 Å². The summed E-state index contributed by atoms with van der Waals surface area (Å²) in [5.41, 5.74) is 6.50. The van der Waals surface area contributed by atoms with Gasteiger partial charge in [-0.3, -0.25) is 4.79 Å². The molecule has 0 saturated carbocycles. The summed E-state index contributed by atoms with van der Waals surface area (Å²) in [4.78, 5) is 22.7. The molecule has 1 amide bonds. The Morgan fingerprint density at radius 1 is 1.33 bits per heavy atom. The standard InChI is InChI=1S/C13H13N3O4S/c1-2-19-12(18)11-15-16-13(20-11)21-7-8-5-3-4-6-9(8)10(14)17/h3-6H,2,7H2,1H3,(H2,14,17). The van der Waals surface area contributed by atoms with E-state index in [0.29, 0.717) is 11.3 Å². The number of aromatic nitrogens is 2. The van der Waals surface area contributed by atoms with E-state index in [1.54, 1.807) is 31.2 Å². The van der Waals surface area contributed by atoms with E-state index >= 15 is 0 Å². The van der Waals surface area contributed by atoms with Crippen LogP contribution < -0.4 is 5.73 Å². The number of carbonyl (C=O) groups is 2. The van der Waals surface area contributed by atoms with Crippen molar-refractivity contribution in [3.8, 4) is 0 Å². The zero-order valence-corrected chi connectivity index (χ0v) is 12.1. The van der Waals surface area contributed by atoms with Crippen molar-refractivity contribution in [2.24, 2.45) is 5.73 Å². The van der Waals surface area contributed by atoms with Crippen molar-refractivity contribution in [3.63, 3.8) is 0 Å². The van der Waals surface area contributed by atoms with Crippen molar-refractivity contribution in [1.29, 1.82) is 0 Å². The number of amides is 1. The summed E-state index contributed by atoms with van der Waals surface area (Å²) in [6.45, 7) is 1.92. The lowest BCUT2D eigenvalue weighted by Crippen LogP contribution is -2.13. The second-order valence-electron chi connectivity index (χ2n) is 3.90. The lowest BCUT2D eigenvalue weighted by Gasteiger charge is -2.03. The molecule has 7 nitrogen and oxygen atoms in total. The first-order valence-corrected chi connectivity index (χ1v) is 7.11. The fraction of sp³-hybridized carbons (Fsp3) is 0.231. The van der Waals surface area contributed by atoms with E-state index < -0.39 is 11.9 Å². The number of hydrogen-bond donors (Lipinski definition) is 1. The summed E-state index contributed by atoms with van der Waals surface area (Å²) in [6, 6.07) is 6.98. The van der Waals surface area contributed by atoms with Gasteiger partial charge in [0.2, 0.25) is 5.91 Å². The van der Waals surface area contributed by atoms with Gasteiger partial charge in [0.15, 0.2) is 0 Å². The Morgan fingerprint density at radius 2 is 2.10 bits per heavy atom. The maximum atomic E-state index is 11.4. The first-order chi connectivity index (χ1) is 10.1. The topological polar surface area (TPSA) is 108 Å². The first kappa shape index (κ1) is 15.0. The highest BCUT2D eigenvalue weighted by Gasteiger charge is 2.16. The van der Waals surface area contributed by atoms with Crippen molar-refractivity contribution in [1.82, 2.24) is 10.2 Å². The molecule has 0 aliphatic carbocycles. The average molecular weight is 307 g/mol. The molecule has 2 rings (SSSR count). The molecule has 0 aliphatic rings. The van der Waals surface area contributed by atoms with Crippen molar-refractivity contribution in [2.75, 3.05) is 6.61 Å². The fourth-order valence-corrected chi connectivity index (χ4v) is 2.34. The van der Waals surface area contributed by atoms with Crippen LogP contribution in [0.2, 0.25) is 0 Å². The lowest BCUT2D eigenvalue weighted by molar-refractivity contribution is 0.0475. The van der Waals surface area contributed by atoms with Crippen LogP contribution in [0.1, 0.15) is 33.5 Å². The van der Waals surface area contributed by atoms with Crippen LogP contribution in [0.25, 0.3) is 0 Å². The maximum absolute atomic E-state index is 11.4. The highest BCUT2D eigenvalue weighted by Crippen LogP contribution is 2.23. The Morgan fingerprint density at radius 3 is 2.81 bits per heavy atom. The van der Waals surface area contributed by atoms with Crippen LogP contribution in [0.5, 0.6) is 0 Å². The van der Waals surface area contributed by atoms with Crippen LogP contribution in [-0.2, 0) is 10.5 Å². The van der Waals surface area contributed by atoms with Crippen LogP contribution in [0, 0.1) is 0 Å².